The summed E-state index contributed by atoms with van der Waals surface area (Å²) in [5.41, 5.74) is 1.78. The van der Waals surface area contributed by atoms with Crippen molar-refractivity contribution in [2.24, 2.45) is 5.41 Å². The number of carbonyl (C=O) groups excluding carboxylic acids is 1. The summed E-state index contributed by atoms with van der Waals surface area (Å²) in [5.74, 6) is 0.188. The summed E-state index contributed by atoms with van der Waals surface area (Å²) in [6.45, 7) is 10.2. The van der Waals surface area contributed by atoms with E-state index in [9.17, 15) is 4.79 Å². The Morgan fingerprint density at radius 3 is 2.69 bits per heavy atom. The largest absolute Gasteiger partial charge is 0.361 e. The topological polar surface area (TPSA) is 57.0 Å². The maximum atomic E-state index is 13.2. The van der Waals surface area contributed by atoms with Gasteiger partial charge in [0.25, 0.3) is 0 Å². The number of carbonyl (C=O) groups is 1. The Labute approximate surface area is 164 Å². The predicted molar refractivity (Wildman–Crippen MR) is 110 cm³/mol. The van der Waals surface area contributed by atoms with E-state index in [0.717, 1.165) is 38.3 Å². The number of Topliss-reactive ketones (excluding diaryl/α,β-unsaturated/α-hetero) is 1. The van der Waals surface area contributed by atoms with Crippen molar-refractivity contribution >= 4 is 41.0 Å². The second kappa shape index (κ2) is 7.52. The maximum absolute atomic E-state index is 13.2. The highest BCUT2D eigenvalue weighted by Crippen LogP contribution is 2.41. The van der Waals surface area contributed by atoms with Gasteiger partial charge in [-0.05, 0) is 34.8 Å². The van der Waals surface area contributed by atoms with E-state index in [-0.39, 0.29) is 11.2 Å². The van der Waals surface area contributed by atoms with Crippen molar-refractivity contribution in [3.63, 3.8) is 0 Å². The van der Waals surface area contributed by atoms with E-state index in [1.165, 1.54) is 0 Å². The number of ether oxygens (including phenoxy) is 1. The van der Waals surface area contributed by atoms with Crippen molar-refractivity contribution in [1.29, 1.82) is 0 Å². The average molecular weight is 438 g/mol. The van der Waals surface area contributed by atoms with E-state index in [1.54, 1.807) is 6.20 Å². The molecule has 1 aliphatic rings. The van der Waals surface area contributed by atoms with Gasteiger partial charge < -0.3 is 9.30 Å². The normalized spacial score (nSPS) is 17.1. The number of hydrogen-bond donors (Lipinski definition) is 0. The second-order valence-corrected chi connectivity index (χ2v) is 15.3. The van der Waals surface area contributed by atoms with Crippen molar-refractivity contribution in [2.75, 3.05) is 6.61 Å². The zero-order chi connectivity index (χ0) is 18.9. The number of ketones is 1. The van der Waals surface area contributed by atoms with Crippen LogP contribution < -0.4 is 0 Å². The SMILES string of the molecule is CC1(C(=O)c2cn(COCC[Si](C)(C)C)c3ncc(Br)nc23)CCCC1. The Morgan fingerprint density at radius 1 is 1.35 bits per heavy atom. The quantitative estimate of drug-likeness (QED) is 0.336. The minimum Gasteiger partial charge on any atom is -0.361 e. The number of fused-ring (bicyclic) bond motifs is 1. The summed E-state index contributed by atoms with van der Waals surface area (Å²) in [7, 11) is -1.12. The lowest BCUT2D eigenvalue weighted by molar-refractivity contribution is 0.0818. The van der Waals surface area contributed by atoms with Gasteiger partial charge in [0.15, 0.2) is 11.4 Å². The monoisotopic (exact) mass is 437 g/mol. The molecule has 2 heterocycles. The lowest BCUT2D eigenvalue weighted by Gasteiger charge is -2.20. The third-order valence-electron chi connectivity index (χ3n) is 5.26. The van der Waals surface area contributed by atoms with Crippen molar-refractivity contribution in [1.82, 2.24) is 14.5 Å². The number of aromatic nitrogens is 3. The fourth-order valence-corrected chi connectivity index (χ4v) is 4.58. The van der Waals surface area contributed by atoms with Gasteiger partial charge in [-0.3, -0.25) is 4.79 Å². The molecule has 0 spiro atoms. The van der Waals surface area contributed by atoms with Gasteiger partial charge in [0.05, 0.1) is 11.8 Å². The first kappa shape index (κ1) is 19.7. The molecule has 5 nitrogen and oxygen atoms in total. The fraction of sp³-hybridized carbons (Fsp3) is 0.632. The molecule has 1 saturated carbocycles. The van der Waals surface area contributed by atoms with Crippen LogP contribution in [0.4, 0.5) is 0 Å². The van der Waals surface area contributed by atoms with Crippen molar-refractivity contribution in [3.8, 4) is 0 Å². The molecule has 3 rings (SSSR count). The van der Waals surface area contributed by atoms with Crippen LogP contribution in [0, 0.1) is 5.41 Å². The van der Waals surface area contributed by atoms with E-state index in [1.807, 2.05) is 10.8 Å². The third kappa shape index (κ3) is 4.26. The molecule has 0 saturated heterocycles. The Balaban J connectivity index is 1.87. The van der Waals surface area contributed by atoms with Gasteiger partial charge in [0.1, 0.15) is 16.9 Å². The van der Waals surface area contributed by atoms with Crippen LogP contribution in [0.25, 0.3) is 11.2 Å². The van der Waals surface area contributed by atoms with E-state index < -0.39 is 8.07 Å². The van der Waals surface area contributed by atoms with Crippen LogP contribution in [0.1, 0.15) is 43.0 Å². The van der Waals surface area contributed by atoms with Gasteiger partial charge in [-0.1, -0.05) is 39.4 Å². The van der Waals surface area contributed by atoms with E-state index >= 15 is 0 Å². The summed E-state index contributed by atoms with van der Waals surface area (Å²) in [4.78, 5) is 22.3. The molecule has 0 bridgehead atoms. The van der Waals surface area contributed by atoms with Crippen LogP contribution >= 0.6 is 15.9 Å². The third-order valence-corrected chi connectivity index (χ3v) is 7.35. The van der Waals surface area contributed by atoms with Crippen LogP contribution in [0.5, 0.6) is 0 Å². The fourth-order valence-electron chi connectivity index (χ4n) is 3.54. The molecule has 0 N–H and O–H groups in total. The minimum absolute atomic E-state index is 0.188. The molecule has 0 aromatic carbocycles. The van der Waals surface area contributed by atoms with Gasteiger partial charge in [0, 0.05) is 26.3 Å². The van der Waals surface area contributed by atoms with Crippen molar-refractivity contribution < 1.29 is 9.53 Å². The maximum Gasteiger partial charge on any atom is 0.172 e. The van der Waals surface area contributed by atoms with E-state index in [2.05, 4.69) is 52.5 Å². The van der Waals surface area contributed by atoms with Gasteiger partial charge in [-0.25, -0.2) is 9.97 Å². The lowest BCUT2D eigenvalue weighted by atomic mass is 9.81. The predicted octanol–water partition coefficient (Wildman–Crippen LogP) is 5.27. The number of rotatable bonds is 7. The molecule has 1 fully saturated rings. The van der Waals surface area contributed by atoms with Crippen LogP contribution in [-0.2, 0) is 11.5 Å². The van der Waals surface area contributed by atoms with Gasteiger partial charge >= 0.3 is 0 Å². The van der Waals surface area contributed by atoms with Crippen LogP contribution in [-0.4, -0.2) is 35.0 Å². The van der Waals surface area contributed by atoms with Crippen molar-refractivity contribution in [3.05, 3.63) is 22.6 Å². The molecule has 7 heteroatoms. The number of halogens is 1. The molecule has 1 aliphatic carbocycles. The minimum atomic E-state index is -1.12. The van der Waals surface area contributed by atoms with E-state index in [4.69, 9.17) is 4.74 Å². The Morgan fingerprint density at radius 2 is 2.04 bits per heavy atom. The molecular weight excluding hydrogens is 410 g/mol. The zero-order valence-electron chi connectivity index (χ0n) is 16.1. The first-order valence-electron chi connectivity index (χ1n) is 9.34. The first-order chi connectivity index (χ1) is 12.2. The zero-order valence-corrected chi connectivity index (χ0v) is 18.7. The van der Waals surface area contributed by atoms with Gasteiger partial charge in [-0.2, -0.15) is 0 Å². The Kier molecular flexibility index (Phi) is 5.70. The molecule has 0 radical (unpaired) electrons. The Hall–Kier alpha value is -1.05. The summed E-state index contributed by atoms with van der Waals surface area (Å²) in [5, 5.41) is 0. The van der Waals surface area contributed by atoms with Crippen LogP contribution in [0.2, 0.25) is 25.7 Å². The molecule has 2 aromatic rings. The first-order valence-corrected chi connectivity index (χ1v) is 13.8. The highest BCUT2D eigenvalue weighted by Gasteiger charge is 2.38. The van der Waals surface area contributed by atoms with Gasteiger partial charge in [0.2, 0.25) is 0 Å². The number of nitrogens with zero attached hydrogens (tertiary/aromatic N) is 3. The number of hydrogen-bond acceptors (Lipinski definition) is 4. The molecule has 0 unspecified atom stereocenters. The van der Waals surface area contributed by atoms with Gasteiger partial charge in [-0.15, -0.1) is 0 Å². The molecule has 2 aromatic heterocycles. The molecule has 142 valence electrons. The summed E-state index contributed by atoms with van der Waals surface area (Å²) in [6.07, 6.45) is 7.70. The smallest absolute Gasteiger partial charge is 0.172 e. The highest BCUT2D eigenvalue weighted by atomic mass is 79.9. The summed E-state index contributed by atoms with van der Waals surface area (Å²) < 4.78 is 8.45. The average Bonchev–Trinajstić information content (AvgIpc) is 3.15. The Bertz CT molecular complexity index is 807. The summed E-state index contributed by atoms with van der Waals surface area (Å²) >= 11 is 3.39. The molecule has 26 heavy (non-hydrogen) atoms. The molecule has 0 atom stereocenters. The van der Waals surface area contributed by atoms with E-state index in [0.29, 0.717) is 28.1 Å². The molecule has 0 amide bonds. The standard InChI is InChI=1S/C19H28BrN3O2Si/c1-19(7-5-6-8-19)17(24)14-12-23(13-25-9-10-26(2,3)4)18-16(14)22-15(20)11-21-18/h11-12H,5-10,13H2,1-4H3. The highest BCUT2D eigenvalue weighted by molar-refractivity contribution is 9.10. The molecule has 0 aliphatic heterocycles. The second-order valence-electron chi connectivity index (χ2n) is 8.82. The van der Waals surface area contributed by atoms with Crippen LogP contribution in [0.15, 0.2) is 17.0 Å². The van der Waals surface area contributed by atoms with Crippen LogP contribution in [0.3, 0.4) is 0 Å². The molecular formula is C19H28BrN3O2Si. The lowest BCUT2D eigenvalue weighted by Crippen LogP contribution is -2.24. The van der Waals surface area contributed by atoms with Crippen molar-refractivity contribution in [2.45, 2.75) is 65.0 Å². The summed E-state index contributed by atoms with van der Waals surface area (Å²) in [6, 6.07) is 1.12.